The van der Waals surface area contributed by atoms with E-state index >= 15 is 4.39 Å². The van der Waals surface area contributed by atoms with Crippen molar-refractivity contribution in [1.29, 1.82) is 0 Å². The van der Waals surface area contributed by atoms with Crippen LogP contribution in [0.25, 0.3) is 11.0 Å². The number of aromatic nitrogens is 5. The number of aliphatic imine (C=N–C) groups is 1. The van der Waals surface area contributed by atoms with Crippen LogP contribution in [0.1, 0.15) is 38.0 Å². The van der Waals surface area contributed by atoms with E-state index in [2.05, 4.69) is 35.4 Å². The van der Waals surface area contributed by atoms with E-state index in [9.17, 15) is 13.2 Å². The molecule has 0 aliphatic carbocycles. The van der Waals surface area contributed by atoms with Crippen LogP contribution < -0.4 is 15.8 Å². The number of benzene rings is 1. The number of anilines is 2. The van der Waals surface area contributed by atoms with Crippen molar-refractivity contribution in [3.8, 4) is 5.88 Å². The van der Waals surface area contributed by atoms with E-state index in [-0.39, 0.29) is 34.7 Å². The lowest BCUT2D eigenvalue weighted by Crippen LogP contribution is -2.52. The Balaban J connectivity index is 1.47. The molecule has 4 heterocycles. The largest absolute Gasteiger partial charge is 0.468 e. The van der Waals surface area contributed by atoms with E-state index in [1.54, 1.807) is 13.0 Å². The highest BCUT2D eigenvalue weighted by molar-refractivity contribution is 8.15. The van der Waals surface area contributed by atoms with Crippen molar-refractivity contribution in [2.24, 2.45) is 16.6 Å². The number of nitrogens with one attached hydrogen (secondary N) is 1. The zero-order valence-electron chi connectivity index (χ0n) is 21.7. The number of rotatable bonds is 7. The molecule has 15 heteroatoms. The Morgan fingerprint density at radius 2 is 1.98 bits per heavy atom. The van der Waals surface area contributed by atoms with Gasteiger partial charge in [0.15, 0.2) is 29.2 Å². The maximum Gasteiger partial charge on any atom is 0.253 e. The van der Waals surface area contributed by atoms with E-state index in [0.29, 0.717) is 22.7 Å². The molecule has 0 spiro atoms. The van der Waals surface area contributed by atoms with Gasteiger partial charge in [-0.2, -0.15) is 4.98 Å². The Bertz CT molecular complexity index is 1620. The molecule has 5 rings (SSSR count). The molecule has 1 aromatic carbocycles. The molecule has 0 fully saturated rings. The first-order valence-electron chi connectivity index (χ1n) is 12.0. The summed E-state index contributed by atoms with van der Waals surface area (Å²) < 4.78 is 67.1. The van der Waals surface area contributed by atoms with Crippen LogP contribution in [0.3, 0.4) is 0 Å². The summed E-state index contributed by atoms with van der Waals surface area (Å²) in [6, 6.07) is 3.84. The van der Waals surface area contributed by atoms with Crippen LogP contribution in [0.5, 0.6) is 5.88 Å². The monoisotopic (exact) mass is 576 g/mol. The molecule has 4 aromatic rings. The summed E-state index contributed by atoms with van der Waals surface area (Å²) in [5.41, 5.74) is 4.91. The quantitative estimate of drug-likeness (QED) is 0.281. The summed E-state index contributed by atoms with van der Waals surface area (Å²) in [5, 5.41) is 6.54. The minimum atomic E-state index is -2.79. The second kappa shape index (κ2) is 10.2. The number of aryl methyl sites for hydroxylation is 1. The van der Waals surface area contributed by atoms with Gasteiger partial charge in [0.05, 0.1) is 22.0 Å². The molecule has 0 saturated carbocycles. The number of fused-ring (bicyclic) bond motifs is 1. The molecule has 1 aliphatic heterocycles. The Kier molecular flexibility index (Phi) is 7.02. The molecule has 0 radical (unpaired) electrons. The molecule has 3 N–H and O–H groups in total. The molecule has 3 atom stereocenters. The van der Waals surface area contributed by atoms with Crippen LogP contribution in [0, 0.1) is 24.5 Å². The maximum atomic E-state index is 15.2. The van der Waals surface area contributed by atoms with Gasteiger partial charge in [0.25, 0.3) is 6.43 Å². The minimum Gasteiger partial charge on any atom is -0.468 e. The van der Waals surface area contributed by atoms with Gasteiger partial charge in [-0.3, -0.25) is 4.99 Å². The SMILES string of the molecule is Cc1nc(COc2cnc3c(Nc4cc(F)c(F)c([C@@]5(C)N=C(N)S[C@](C)(C(F)F)C5C)c4)nccc3n2)no1. The number of nitrogens with zero attached hydrogens (tertiary/aromatic N) is 6. The smallest absolute Gasteiger partial charge is 0.253 e. The molecule has 1 aliphatic rings. The lowest BCUT2D eigenvalue weighted by Gasteiger charge is -2.46. The summed E-state index contributed by atoms with van der Waals surface area (Å²) in [6.07, 6.45) is 0.0238. The number of nitrogens with two attached hydrogens (primary N) is 1. The average molecular weight is 577 g/mol. The number of hydrogen-bond acceptors (Lipinski definition) is 11. The van der Waals surface area contributed by atoms with E-state index < -0.39 is 34.3 Å². The van der Waals surface area contributed by atoms with Crippen LogP contribution in [-0.2, 0) is 12.1 Å². The second-order valence-electron chi connectivity index (χ2n) is 9.60. The van der Waals surface area contributed by atoms with Gasteiger partial charge in [-0.25, -0.2) is 32.5 Å². The fraction of sp³-hybridized carbons (Fsp3) is 0.360. The van der Waals surface area contributed by atoms with Gasteiger partial charge < -0.3 is 20.3 Å². The molecule has 1 unspecified atom stereocenters. The van der Waals surface area contributed by atoms with Crippen molar-refractivity contribution in [3.63, 3.8) is 0 Å². The van der Waals surface area contributed by atoms with E-state index in [1.165, 1.54) is 39.2 Å². The summed E-state index contributed by atoms with van der Waals surface area (Å²) in [7, 11) is 0. The third-order valence-corrected chi connectivity index (χ3v) is 8.27. The minimum absolute atomic E-state index is 0.0125. The summed E-state index contributed by atoms with van der Waals surface area (Å²) >= 11 is 0.723. The van der Waals surface area contributed by atoms with Crippen LogP contribution in [0.4, 0.5) is 29.1 Å². The standard InChI is InChI=1S/C25H24F4N8O2S/c1-11-24(3,36-23(30)40-25(11,4)22(28)29)14-7-13(8-15(26)19(14)27)34-21-20-16(5-6-31-21)35-18(9-32-20)38-10-17-33-12(2)39-37-17/h5-9,11,22H,10H2,1-4H3,(H2,30,36)(H,31,34)/t11?,24-,25-/m0/s1. The van der Waals surface area contributed by atoms with Crippen molar-refractivity contribution in [3.05, 3.63) is 59.5 Å². The predicted molar refractivity (Wildman–Crippen MR) is 140 cm³/mol. The van der Waals surface area contributed by atoms with E-state index in [0.717, 1.165) is 17.8 Å². The van der Waals surface area contributed by atoms with Gasteiger partial charge in [0.1, 0.15) is 5.52 Å². The molecular weight excluding hydrogens is 552 g/mol. The number of hydrogen-bond donors (Lipinski definition) is 2. The Hall–Kier alpha value is -4.01. The summed E-state index contributed by atoms with van der Waals surface area (Å²) in [4.78, 5) is 21.4. The molecular formula is C25H24F4N8O2S. The Labute approximate surface area is 229 Å². The van der Waals surface area contributed by atoms with Crippen LogP contribution in [0.2, 0.25) is 0 Å². The first kappa shape index (κ1) is 27.6. The third kappa shape index (κ3) is 4.89. The van der Waals surface area contributed by atoms with Gasteiger partial charge in [-0.1, -0.05) is 23.8 Å². The third-order valence-electron chi connectivity index (χ3n) is 7.00. The molecule has 40 heavy (non-hydrogen) atoms. The number of pyridine rings is 1. The van der Waals surface area contributed by atoms with Crippen LogP contribution in [-0.4, -0.2) is 41.4 Å². The van der Waals surface area contributed by atoms with Crippen LogP contribution in [0.15, 0.2) is 40.1 Å². The molecule has 210 valence electrons. The fourth-order valence-corrected chi connectivity index (χ4v) is 5.72. The average Bonchev–Trinajstić information content (AvgIpc) is 3.32. The van der Waals surface area contributed by atoms with Crippen LogP contribution >= 0.6 is 11.8 Å². The number of alkyl halides is 2. The summed E-state index contributed by atoms with van der Waals surface area (Å²) in [6.45, 7) is 5.99. The fourth-order valence-electron chi connectivity index (χ4n) is 4.54. The number of halogens is 4. The maximum absolute atomic E-state index is 15.2. The second-order valence-corrected chi connectivity index (χ2v) is 11.1. The van der Waals surface area contributed by atoms with Crippen molar-refractivity contribution in [1.82, 2.24) is 25.1 Å². The molecule has 3 aromatic heterocycles. The highest BCUT2D eigenvalue weighted by Crippen LogP contribution is 2.53. The molecule has 0 saturated heterocycles. The zero-order valence-corrected chi connectivity index (χ0v) is 22.6. The lowest BCUT2D eigenvalue weighted by atomic mass is 9.73. The van der Waals surface area contributed by atoms with Crippen molar-refractivity contribution >= 4 is 39.5 Å². The van der Waals surface area contributed by atoms with Gasteiger partial charge in [0.2, 0.25) is 17.6 Å². The molecule has 0 amide bonds. The van der Waals surface area contributed by atoms with Gasteiger partial charge in [-0.05, 0) is 26.0 Å². The lowest BCUT2D eigenvalue weighted by molar-refractivity contribution is 0.0571. The molecule has 0 bridgehead atoms. The Morgan fingerprint density at radius 3 is 2.67 bits per heavy atom. The van der Waals surface area contributed by atoms with Crippen molar-refractivity contribution in [2.45, 2.75) is 51.0 Å². The first-order chi connectivity index (χ1) is 18.9. The normalized spacial score (nSPS) is 22.9. The van der Waals surface area contributed by atoms with Gasteiger partial charge in [-0.15, -0.1) is 0 Å². The van der Waals surface area contributed by atoms with Crippen molar-refractivity contribution in [2.75, 3.05) is 5.32 Å². The topological polar surface area (TPSA) is 137 Å². The first-order valence-corrected chi connectivity index (χ1v) is 12.8. The highest BCUT2D eigenvalue weighted by Gasteiger charge is 2.54. The number of amidine groups is 1. The van der Waals surface area contributed by atoms with E-state index in [4.69, 9.17) is 15.0 Å². The van der Waals surface area contributed by atoms with Gasteiger partial charge in [0, 0.05) is 36.4 Å². The number of ether oxygens (including phenoxy) is 1. The van der Waals surface area contributed by atoms with E-state index in [1.807, 2.05) is 0 Å². The summed E-state index contributed by atoms with van der Waals surface area (Å²) in [5.74, 6) is -2.20. The molecule has 10 nitrogen and oxygen atoms in total. The van der Waals surface area contributed by atoms with Gasteiger partial charge >= 0.3 is 0 Å². The zero-order chi connectivity index (χ0) is 28.8. The van der Waals surface area contributed by atoms with Crippen molar-refractivity contribution < 1.29 is 26.8 Å². The predicted octanol–water partition coefficient (Wildman–Crippen LogP) is 5.25. The number of thioether (sulfide) groups is 1. The highest BCUT2D eigenvalue weighted by atomic mass is 32.2. The Morgan fingerprint density at radius 1 is 1.20 bits per heavy atom.